The number of benzene rings is 2. The molecule has 2 amide bonds. The van der Waals surface area contributed by atoms with Gasteiger partial charge in [0, 0.05) is 5.92 Å². The zero-order valence-electron chi connectivity index (χ0n) is 20.5. The first-order valence-electron chi connectivity index (χ1n) is 12.3. The fourth-order valence-corrected chi connectivity index (χ4v) is 5.01. The lowest BCUT2D eigenvalue weighted by Gasteiger charge is -2.34. The number of carbonyl (C=O) groups excluding carboxylic acids is 2. The molecule has 0 saturated heterocycles. The summed E-state index contributed by atoms with van der Waals surface area (Å²) in [7, 11) is 0. The molecule has 1 fully saturated rings. The van der Waals surface area contributed by atoms with Crippen LogP contribution in [0.2, 0.25) is 0 Å². The van der Waals surface area contributed by atoms with E-state index in [1.54, 1.807) is 0 Å². The van der Waals surface area contributed by atoms with Crippen molar-refractivity contribution in [3.05, 3.63) is 59.7 Å². The van der Waals surface area contributed by atoms with Gasteiger partial charge in [-0.25, -0.2) is 9.59 Å². The predicted octanol–water partition coefficient (Wildman–Crippen LogP) is 4.70. The standard InChI is InChI=1S/C28H34N2O5/c1-28(2,3)15-23(26(32)33)29-25(31)24(17-9-8-10-17)30-27(34)35-16-22-20-13-6-4-11-18(20)19-12-5-7-14-21(19)22/h4-7,11-14,17,22-24H,8-10,15-16H2,1-3H3,(H,29,31)(H,30,34)(H,32,33). The van der Waals surface area contributed by atoms with Crippen LogP contribution in [0.3, 0.4) is 0 Å². The van der Waals surface area contributed by atoms with Gasteiger partial charge in [-0.2, -0.15) is 0 Å². The third-order valence-electron chi connectivity index (χ3n) is 6.95. The molecular formula is C28H34N2O5. The minimum atomic E-state index is -1.08. The lowest BCUT2D eigenvalue weighted by molar-refractivity contribution is -0.143. The third-order valence-corrected chi connectivity index (χ3v) is 6.95. The number of ether oxygens (including phenoxy) is 1. The minimum absolute atomic E-state index is 0.0282. The van der Waals surface area contributed by atoms with Crippen molar-refractivity contribution in [1.29, 1.82) is 0 Å². The first kappa shape index (κ1) is 24.8. The maximum Gasteiger partial charge on any atom is 0.407 e. The first-order chi connectivity index (χ1) is 16.6. The Kier molecular flexibility index (Phi) is 7.15. The Morgan fingerprint density at radius 2 is 1.54 bits per heavy atom. The molecule has 35 heavy (non-hydrogen) atoms. The Balaban J connectivity index is 1.42. The largest absolute Gasteiger partial charge is 0.480 e. The number of rotatable bonds is 8. The Morgan fingerprint density at radius 3 is 2.03 bits per heavy atom. The molecule has 2 unspecified atom stereocenters. The van der Waals surface area contributed by atoms with E-state index in [-0.39, 0.29) is 30.3 Å². The zero-order chi connectivity index (χ0) is 25.2. The fraction of sp³-hybridized carbons (Fsp3) is 0.464. The Labute approximate surface area is 206 Å². The lowest BCUT2D eigenvalue weighted by atomic mass is 9.79. The van der Waals surface area contributed by atoms with Crippen molar-refractivity contribution in [2.24, 2.45) is 11.3 Å². The van der Waals surface area contributed by atoms with E-state index in [2.05, 4.69) is 22.8 Å². The molecule has 186 valence electrons. The maximum absolute atomic E-state index is 13.1. The lowest BCUT2D eigenvalue weighted by Crippen LogP contribution is -2.56. The summed E-state index contributed by atoms with van der Waals surface area (Å²) in [5.74, 6) is -1.66. The molecule has 1 saturated carbocycles. The van der Waals surface area contributed by atoms with Crippen LogP contribution in [0.1, 0.15) is 63.5 Å². The number of carboxylic acid groups (broad SMARTS) is 1. The molecule has 0 aliphatic heterocycles. The Morgan fingerprint density at radius 1 is 0.971 bits per heavy atom. The highest BCUT2D eigenvalue weighted by Gasteiger charge is 2.37. The van der Waals surface area contributed by atoms with Gasteiger partial charge in [0.05, 0.1) is 0 Å². The van der Waals surface area contributed by atoms with E-state index in [0.29, 0.717) is 0 Å². The van der Waals surface area contributed by atoms with Crippen LogP contribution in [0.4, 0.5) is 4.79 Å². The number of aliphatic carboxylic acids is 1. The van der Waals surface area contributed by atoms with Crippen molar-refractivity contribution in [1.82, 2.24) is 10.6 Å². The van der Waals surface area contributed by atoms with E-state index in [1.807, 2.05) is 57.2 Å². The van der Waals surface area contributed by atoms with Crippen LogP contribution in [-0.2, 0) is 14.3 Å². The van der Waals surface area contributed by atoms with Gasteiger partial charge in [-0.3, -0.25) is 4.79 Å². The molecule has 2 aromatic carbocycles. The topological polar surface area (TPSA) is 105 Å². The molecule has 2 atom stereocenters. The van der Waals surface area contributed by atoms with E-state index in [1.165, 1.54) is 0 Å². The summed E-state index contributed by atoms with van der Waals surface area (Å²) in [4.78, 5) is 37.6. The highest BCUT2D eigenvalue weighted by atomic mass is 16.5. The summed E-state index contributed by atoms with van der Waals surface area (Å²) >= 11 is 0. The van der Waals surface area contributed by atoms with E-state index >= 15 is 0 Å². The van der Waals surface area contributed by atoms with Crippen LogP contribution in [0.5, 0.6) is 0 Å². The average molecular weight is 479 g/mol. The van der Waals surface area contributed by atoms with Gasteiger partial charge in [0.15, 0.2) is 0 Å². The highest BCUT2D eigenvalue weighted by Crippen LogP contribution is 2.44. The van der Waals surface area contributed by atoms with Crippen molar-refractivity contribution in [3.63, 3.8) is 0 Å². The second-order valence-corrected chi connectivity index (χ2v) is 10.8. The normalized spacial score (nSPS) is 16.9. The number of carbonyl (C=O) groups is 3. The van der Waals surface area contributed by atoms with Crippen LogP contribution >= 0.6 is 0 Å². The van der Waals surface area contributed by atoms with E-state index in [0.717, 1.165) is 41.5 Å². The van der Waals surface area contributed by atoms with E-state index < -0.39 is 30.1 Å². The number of hydrogen-bond donors (Lipinski definition) is 3. The number of carboxylic acids is 1. The van der Waals surface area contributed by atoms with Crippen LogP contribution in [0.15, 0.2) is 48.5 Å². The van der Waals surface area contributed by atoms with Crippen molar-refractivity contribution in [3.8, 4) is 11.1 Å². The highest BCUT2D eigenvalue weighted by molar-refractivity contribution is 5.89. The van der Waals surface area contributed by atoms with Gasteiger partial charge in [0.1, 0.15) is 18.7 Å². The average Bonchev–Trinajstić information content (AvgIpc) is 3.08. The summed E-state index contributed by atoms with van der Waals surface area (Å²) in [6.07, 6.45) is 2.21. The van der Waals surface area contributed by atoms with Crippen molar-refractivity contribution in [2.75, 3.05) is 6.61 Å². The van der Waals surface area contributed by atoms with E-state index in [9.17, 15) is 19.5 Å². The molecule has 7 heteroatoms. The van der Waals surface area contributed by atoms with Crippen LogP contribution in [0.25, 0.3) is 11.1 Å². The zero-order valence-corrected chi connectivity index (χ0v) is 20.5. The second kappa shape index (κ2) is 10.1. The van der Waals surface area contributed by atoms with Crippen molar-refractivity contribution < 1.29 is 24.2 Å². The van der Waals surface area contributed by atoms with Crippen molar-refractivity contribution in [2.45, 2.75) is 64.5 Å². The van der Waals surface area contributed by atoms with Gasteiger partial charge in [-0.15, -0.1) is 0 Å². The number of fused-ring (bicyclic) bond motifs is 3. The summed E-state index contributed by atoms with van der Waals surface area (Å²) in [6, 6.07) is 14.4. The van der Waals surface area contributed by atoms with Gasteiger partial charge in [0.25, 0.3) is 0 Å². The van der Waals surface area contributed by atoms with E-state index in [4.69, 9.17) is 4.74 Å². The summed E-state index contributed by atoms with van der Waals surface area (Å²) in [5, 5.41) is 15.0. The molecule has 0 radical (unpaired) electrons. The molecule has 0 spiro atoms. The molecule has 7 nitrogen and oxygen atoms in total. The van der Waals surface area contributed by atoms with Crippen LogP contribution in [-0.4, -0.2) is 41.8 Å². The fourth-order valence-electron chi connectivity index (χ4n) is 5.01. The van der Waals surface area contributed by atoms with Gasteiger partial charge in [0.2, 0.25) is 5.91 Å². The van der Waals surface area contributed by atoms with Gasteiger partial charge >= 0.3 is 12.1 Å². The quantitative estimate of drug-likeness (QED) is 0.510. The number of amides is 2. The summed E-state index contributed by atoms with van der Waals surface area (Å²) in [5.41, 5.74) is 4.23. The molecule has 2 aromatic rings. The molecule has 3 N–H and O–H groups in total. The van der Waals surface area contributed by atoms with Gasteiger partial charge in [-0.05, 0) is 52.8 Å². The molecule has 4 rings (SSSR count). The van der Waals surface area contributed by atoms with Crippen molar-refractivity contribution >= 4 is 18.0 Å². The van der Waals surface area contributed by atoms with Gasteiger partial charge in [-0.1, -0.05) is 75.7 Å². The molecule has 2 aliphatic rings. The molecule has 0 aromatic heterocycles. The predicted molar refractivity (Wildman–Crippen MR) is 133 cm³/mol. The van der Waals surface area contributed by atoms with Crippen LogP contribution in [0, 0.1) is 11.3 Å². The Bertz CT molecular complexity index is 1060. The van der Waals surface area contributed by atoms with Gasteiger partial charge < -0.3 is 20.5 Å². The number of hydrogen-bond acceptors (Lipinski definition) is 4. The summed E-state index contributed by atoms with van der Waals surface area (Å²) < 4.78 is 5.63. The molecular weight excluding hydrogens is 444 g/mol. The maximum atomic E-state index is 13.1. The molecule has 2 aliphatic carbocycles. The van der Waals surface area contributed by atoms with Crippen LogP contribution < -0.4 is 10.6 Å². The number of alkyl carbamates (subject to hydrolysis) is 1. The molecule has 0 bridgehead atoms. The summed E-state index contributed by atoms with van der Waals surface area (Å²) in [6.45, 7) is 5.93. The number of nitrogens with one attached hydrogen (secondary N) is 2. The molecule has 0 heterocycles. The third kappa shape index (κ3) is 5.66. The SMILES string of the molecule is CC(C)(C)CC(NC(=O)C(NC(=O)OCC1c2ccccc2-c2ccccc21)C1CCC1)C(=O)O. The smallest absolute Gasteiger partial charge is 0.407 e. The second-order valence-electron chi connectivity index (χ2n) is 10.8. The minimum Gasteiger partial charge on any atom is -0.480 e. The first-order valence-corrected chi connectivity index (χ1v) is 12.3. The Hall–Kier alpha value is -3.35. The monoisotopic (exact) mass is 478 g/mol.